The third-order valence-corrected chi connectivity index (χ3v) is 3.18. The van der Waals surface area contributed by atoms with Crippen molar-refractivity contribution in [2.24, 2.45) is 11.7 Å². The summed E-state index contributed by atoms with van der Waals surface area (Å²) in [5.41, 5.74) is 6.17. The SMILES string of the molecule is CC(C)Cn1ncnc1CC(N)CCOc1ccccc1. The quantitative estimate of drug-likeness (QED) is 0.809. The van der Waals surface area contributed by atoms with Crippen molar-refractivity contribution in [3.63, 3.8) is 0 Å². The van der Waals surface area contributed by atoms with E-state index in [0.717, 1.165) is 31.0 Å². The van der Waals surface area contributed by atoms with Crippen molar-refractivity contribution in [2.75, 3.05) is 6.61 Å². The predicted molar refractivity (Wildman–Crippen MR) is 83.1 cm³/mol. The molecule has 2 aromatic rings. The number of ether oxygens (including phenoxy) is 1. The summed E-state index contributed by atoms with van der Waals surface area (Å²) in [5, 5.41) is 4.26. The van der Waals surface area contributed by atoms with Gasteiger partial charge in [0.25, 0.3) is 0 Å². The van der Waals surface area contributed by atoms with Crippen LogP contribution in [0.3, 0.4) is 0 Å². The molecule has 0 radical (unpaired) electrons. The zero-order valence-electron chi connectivity index (χ0n) is 12.8. The minimum atomic E-state index is 0.0313. The van der Waals surface area contributed by atoms with Crippen molar-refractivity contribution in [1.82, 2.24) is 14.8 Å². The smallest absolute Gasteiger partial charge is 0.138 e. The molecule has 21 heavy (non-hydrogen) atoms. The molecule has 114 valence electrons. The van der Waals surface area contributed by atoms with Crippen LogP contribution in [-0.2, 0) is 13.0 Å². The highest BCUT2D eigenvalue weighted by Crippen LogP contribution is 2.10. The third kappa shape index (κ3) is 5.19. The van der Waals surface area contributed by atoms with Gasteiger partial charge in [-0.15, -0.1) is 0 Å². The Morgan fingerprint density at radius 2 is 2.00 bits per heavy atom. The van der Waals surface area contributed by atoms with Crippen LogP contribution in [-0.4, -0.2) is 27.4 Å². The predicted octanol–water partition coefficient (Wildman–Crippen LogP) is 2.27. The van der Waals surface area contributed by atoms with E-state index in [1.54, 1.807) is 6.33 Å². The van der Waals surface area contributed by atoms with E-state index >= 15 is 0 Å². The van der Waals surface area contributed by atoms with Crippen LogP contribution in [0.2, 0.25) is 0 Å². The van der Waals surface area contributed by atoms with Crippen molar-refractivity contribution in [2.45, 2.75) is 39.3 Å². The Hall–Kier alpha value is -1.88. The van der Waals surface area contributed by atoms with Gasteiger partial charge < -0.3 is 10.5 Å². The Morgan fingerprint density at radius 1 is 1.24 bits per heavy atom. The summed E-state index contributed by atoms with van der Waals surface area (Å²) in [6.45, 7) is 5.82. The molecule has 2 rings (SSSR count). The van der Waals surface area contributed by atoms with Gasteiger partial charge in [-0.3, -0.25) is 0 Å². The van der Waals surface area contributed by atoms with Crippen LogP contribution in [0.1, 0.15) is 26.1 Å². The number of aromatic nitrogens is 3. The molecular formula is C16H24N4O. The lowest BCUT2D eigenvalue weighted by Crippen LogP contribution is -2.27. The van der Waals surface area contributed by atoms with Gasteiger partial charge in [-0.1, -0.05) is 32.0 Å². The molecule has 0 aliphatic heterocycles. The lowest BCUT2D eigenvalue weighted by molar-refractivity contribution is 0.295. The maximum Gasteiger partial charge on any atom is 0.138 e. The summed E-state index contributed by atoms with van der Waals surface area (Å²) in [4.78, 5) is 4.31. The molecule has 1 heterocycles. The molecule has 1 atom stereocenters. The van der Waals surface area contributed by atoms with E-state index in [2.05, 4.69) is 23.9 Å². The summed E-state index contributed by atoms with van der Waals surface area (Å²) in [6.07, 6.45) is 3.12. The molecule has 1 unspecified atom stereocenters. The fraction of sp³-hybridized carbons (Fsp3) is 0.500. The Balaban J connectivity index is 1.77. The Kier molecular flexibility index (Phi) is 5.75. The summed E-state index contributed by atoms with van der Waals surface area (Å²) in [5.74, 6) is 2.38. The van der Waals surface area contributed by atoms with E-state index in [-0.39, 0.29) is 6.04 Å². The second-order valence-corrected chi connectivity index (χ2v) is 5.67. The molecular weight excluding hydrogens is 264 g/mol. The highest BCUT2D eigenvalue weighted by Gasteiger charge is 2.11. The van der Waals surface area contributed by atoms with Crippen LogP contribution in [0.25, 0.3) is 0 Å². The molecule has 0 aliphatic rings. The van der Waals surface area contributed by atoms with Gasteiger partial charge in [0.1, 0.15) is 17.9 Å². The fourth-order valence-corrected chi connectivity index (χ4v) is 2.13. The molecule has 0 fully saturated rings. The molecule has 1 aromatic carbocycles. The molecule has 0 spiro atoms. The summed E-state index contributed by atoms with van der Waals surface area (Å²) in [7, 11) is 0. The van der Waals surface area contributed by atoms with Gasteiger partial charge in [0.15, 0.2) is 0 Å². The lowest BCUT2D eigenvalue weighted by Gasteiger charge is -2.14. The minimum absolute atomic E-state index is 0.0313. The Morgan fingerprint density at radius 3 is 2.71 bits per heavy atom. The van der Waals surface area contributed by atoms with E-state index in [1.807, 2.05) is 35.0 Å². The Labute approximate surface area is 126 Å². The van der Waals surface area contributed by atoms with E-state index in [9.17, 15) is 0 Å². The zero-order valence-corrected chi connectivity index (χ0v) is 12.8. The molecule has 2 N–H and O–H groups in total. The number of hydrogen-bond donors (Lipinski definition) is 1. The molecule has 0 aliphatic carbocycles. The van der Waals surface area contributed by atoms with Crippen LogP contribution in [0.15, 0.2) is 36.7 Å². The van der Waals surface area contributed by atoms with Crippen molar-refractivity contribution in [3.05, 3.63) is 42.5 Å². The first-order valence-corrected chi connectivity index (χ1v) is 7.45. The second kappa shape index (κ2) is 7.78. The average Bonchev–Trinajstić information content (AvgIpc) is 2.86. The molecule has 0 saturated carbocycles. The average molecular weight is 288 g/mol. The van der Waals surface area contributed by atoms with Gasteiger partial charge in [0.05, 0.1) is 6.61 Å². The number of para-hydroxylation sites is 1. The topological polar surface area (TPSA) is 66.0 Å². The largest absolute Gasteiger partial charge is 0.494 e. The number of benzene rings is 1. The highest BCUT2D eigenvalue weighted by molar-refractivity contribution is 5.20. The molecule has 0 bridgehead atoms. The van der Waals surface area contributed by atoms with Crippen molar-refractivity contribution < 1.29 is 4.74 Å². The summed E-state index contributed by atoms with van der Waals surface area (Å²) >= 11 is 0. The maximum atomic E-state index is 6.17. The third-order valence-electron chi connectivity index (χ3n) is 3.18. The van der Waals surface area contributed by atoms with Crippen LogP contribution >= 0.6 is 0 Å². The van der Waals surface area contributed by atoms with Gasteiger partial charge in [0.2, 0.25) is 0 Å². The Bertz CT molecular complexity index is 524. The van der Waals surface area contributed by atoms with Crippen LogP contribution < -0.4 is 10.5 Å². The number of nitrogens with zero attached hydrogens (tertiary/aromatic N) is 3. The normalized spacial score (nSPS) is 12.6. The van der Waals surface area contributed by atoms with Gasteiger partial charge >= 0.3 is 0 Å². The molecule has 5 nitrogen and oxygen atoms in total. The summed E-state index contributed by atoms with van der Waals surface area (Å²) < 4.78 is 7.61. The monoisotopic (exact) mass is 288 g/mol. The van der Waals surface area contributed by atoms with E-state index in [1.165, 1.54) is 0 Å². The number of nitrogens with two attached hydrogens (primary N) is 1. The molecule has 1 aromatic heterocycles. The first-order valence-electron chi connectivity index (χ1n) is 7.45. The molecule has 0 amide bonds. The van der Waals surface area contributed by atoms with Crippen LogP contribution in [0.5, 0.6) is 5.75 Å². The molecule has 5 heteroatoms. The van der Waals surface area contributed by atoms with Crippen molar-refractivity contribution in [3.8, 4) is 5.75 Å². The van der Waals surface area contributed by atoms with Crippen LogP contribution in [0.4, 0.5) is 0 Å². The standard InChI is InChI=1S/C16H24N4O/c1-13(2)11-20-16(18-12-19-20)10-14(17)8-9-21-15-6-4-3-5-7-15/h3-7,12-14H,8-11,17H2,1-2H3. The van der Waals surface area contributed by atoms with Crippen molar-refractivity contribution >= 4 is 0 Å². The van der Waals surface area contributed by atoms with E-state index in [4.69, 9.17) is 10.5 Å². The van der Waals surface area contributed by atoms with Crippen LogP contribution in [0, 0.1) is 5.92 Å². The first kappa shape index (κ1) is 15.5. The van der Waals surface area contributed by atoms with E-state index < -0.39 is 0 Å². The van der Waals surface area contributed by atoms with E-state index in [0.29, 0.717) is 12.5 Å². The molecule has 0 saturated heterocycles. The second-order valence-electron chi connectivity index (χ2n) is 5.67. The minimum Gasteiger partial charge on any atom is -0.494 e. The maximum absolute atomic E-state index is 6.17. The fourth-order valence-electron chi connectivity index (χ4n) is 2.13. The van der Waals surface area contributed by atoms with Gasteiger partial charge in [-0.05, 0) is 24.5 Å². The van der Waals surface area contributed by atoms with Crippen molar-refractivity contribution in [1.29, 1.82) is 0 Å². The van der Waals surface area contributed by atoms with Gasteiger partial charge in [-0.25, -0.2) is 9.67 Å². The summed E-state index contributed by atoms with van der Waals surface area (Å²) in [6, 6.07) is 9.83. The number of rotatable bonds is 8. The zero-order chi connectivity index (χ0) is 15.1. The number of hydrogen-bond acceptors (Lipinski definition) is 4. The van der Waals surface area contributed by atoms with Gasteiger partial charge in [-0.2, -0.15) is 5.10 Å². The highest BCUT2D eigenvalue weighted by atomic mass is 16.5. The lowest BCUT2D eigenvalue weighted by atomic mass is 10.1. The van der Waals surface area contributed by atoms with Gasteiger partial charge in [0, 0.05) is 19.0 Å². The first-order chi connectivity index (χ1) is 10.1.